The maximum absolute atomic E-state index is 9.46. The maximum Gasteiger partial charge on any atom is 0.124 e. The first kappa shape index (κ1) is 10.5. The van der Waals surface area contributed by atoms with Gasteiger partial charge < -0.3 is 10.4 Å². The Morgan fingerprint density at radius 3 is 3.00 bits per heavy atom. The molecule has 0 amide bonds. The number of benzene rings is 1. The van der Waals surface area contributed by atoms with Crippen molar-refractivity contribution in [1.29, 1.82) is 0 Å². The average Bonchev–Trinajstić information content (AvgIpc) is 2.17. The van der Waals surface area contributed by atoms with Crippen molar-refractivity contribution in [3.05, 3.63) is 29.3 Å². The molecule has 1 unspecified atom stereocenters. The van der Waals surface area contributed by atoms with Crippen molar-refractivity contribution >= 4 is 5.69 Å². The Bertz CT molecular complexity index is 346. The van der Waals surface area contributed by atoms with Gasteiger partial charge >= 0.3 is 0 Å². The molecule has 1 aromatic rings. The molecular weight excluding hydrogens is 186 g/mol. The molecule has 0 aliphatic carbocycles. The van der Waals surface area contributed by atoms with E-state index in [0.717, 1.165) is 24.9 Å². The molecule has 0 fully saturated rings. The fourth-order valence-electron chi connectivity index (χ4n) is 2.14. The predicted molar refractivity (Wildman–Crippen MR) is 62.9 cm³/mol. The van der Waals surface area contributed by atoms with Crippen molar-refractivity contribution in [2.24, 2.45) is 5.92 Å². The van der Waals surface area contributed by atoms with E-state index in [1.165, 1.54) is 11.1 Å². The molecule has 2 N–H and O–H groups in total. The molecule has 82 valence electrons. The van der Waals surface area contributed by atoms with Gasteiger partial charge in [0.15, 0.2) is 0 Å². The summed E-state index contributed by atoms with van der Waals surface area (Å²) in [4.78, 5) is 0. The zero-order valence-corrected chi connectivity index (χ0v) is 9.46. The van der Waals surface area contributed by atoms with Gasteiger partial charge in [0.2, 0.25) is 0 Å². The molecule has 0 radical (unpaired) electrons. The fraction of sp³-hybridized carbons (Fsp3) is 0.538. The summed E-state index contributed by atoms with van der Waals surface area (Å²) in [6.45, 7) is 4.48. The summed E-state index contributed by atoms with van der Waals surface area (Å²) in [5, 5.41) is 12.6. The Kier molecular flexibility index (Phi) is 2.96. The van der Waals surface area contributed by atoms with Crippen molar-refractivity contribution in [2.75, 3.05) is 5.32 Å². The van der Waals surface area contributed by atoms with Crippen molar-refractivity contribution in [1.82, 2.24) is 0 Å². The van der Waals surface area contributed by atoms with E-state index in [1.54, 1.807) is 0 Å². The van der Waals surface area contributed by atoms with Gasteiger partial charge in [0.1, 0.15) is 6.23 Å². The summed E-state index contributed by atoms with van der Waals surface area (Å²) in [7, 11) is 0. The molecule has 2 rings (SSSR count). The lowest BCUT2D eigenvalue weighted by molar-refractivity contribution is 0.189. The minimum atomic E-state index is -0.367. The molecule has 15 heavy (non-hydrogen) atoms. The van der Waals surface area contributed by atoms with Gasteiger partial charge in [0.05, 0.1) is 0 Å². The third-order valence-electron chi connectivity index (χ3n) is 2.82. The van der Waals surface area contributed by atoms with E-state index < -0.39 is 0 Å². The molecule has 0 aromatic heterocycles. The number of fused-ring (bicyclic) bond motifs is 1. The van der Waals surface area contributed by atoms with E-state index in [0.29, 0.717) is 5.92 Å². The van der Waals surface area contributed by atoms with E-state index in [-0.39, 0.29) is 6.23 Å². The molecular formula is C13H19NO. The fourth-order valence-corrected chi connectivity index (χ4v) is 2.14. The molecule has 2 heteroatoms. The third-order valence-corrected chi connectivity index (χ3v) is 2.82. The number of hydrogen-bond acceptors (Lipinski definition) is 2. The van der Waals surface area contributed by atoms with Crippen LogP contribution >= 0.6 is 0 Å². The van der Waals surface area contributed by atoms with Crippen LogP contribution in [0.4, 0.5) is 5.69 Å². The highest BCUT2D eigenvalue weighted by atomic mass is 16.3. The summed E-state index contributed by atoms with van der Waals surface area (Å²) >= 11 is 0. The number of aliphatic hydroxyl groups excluding tert-OH is 1. The second kappa shape index (κ2) is 4.23. The van der Waals surface area contributed by atoms with Gasteiger partial charge in [-0.25, -0.2) is 0 Å². The summed E-state index contributed by atoms with van der Waals surface area (Å²) in [6.07, 6.45) is 2.57. The zero-order chi connectivity index (χ0) is 10.8. The third kappa shape index (κ3) is 2.51. The Balaban J connectivity index is 2.19. The largest absolute Gasteiger partial charge is 0.374 e. The molecule has 0 spiro atoms. The van der Waals surface area contributed by atoms with Crippen LogP contribution in [0, 0.1) is 5.92 Å². The van der Waals surface area contributed by atoms with Crippen LogP contribution in [0.25, 0.3) is 0 Å². The number of hydrogen-bond donors (Lipinski definition) is 2. The first-order valence-corrected chi connectivity index (χ1v) is 5.71. The number of nitrogens with one attached hydrogen (secondary N) is 1. The molecule has 0 saturated heterocycles. The number of aryl methyl sites for hydroxylation is 1. The predicted octanol–water partition coefficient (Wildman–Crippen LogP) is 2.56. The highest BCUT2D eigenvalue weighted by molar-refractivity contribution is 5.54. The lowest BCUT2D eigenvalue weighted by atomic mass is 9.96. The first-order valence-electron chi connectivity index (χ1n) is 5.71. The van der Waals surface area contributed by atoms with Gasteiger partial charge in [-0.2, -0.15) is 0 Å². The molecule has 1 heterocycles. The van der Waals surface area contributed by atoms with E-state index in [1.807, 2.05) is 0 Å². The summed E-state index contributed by atoms with van der Waals surface area (Å²) in [5.41, 5.74) is 3.85. The van der Waals surface area contributed by atoms with Gasteiger partial charge in [-0.15, -0.1) is 0 Å². The number of anilines is 1. The van der Waals surface area contributed by atoms with Gasteiger partial charge in [-0.05, 0) is 42.4 Å². The summed E-state index contributed by atoms with van der Waals surface area (Å²) in [6, 6.07) is 6.52. The Morgan fingerprint density at radius 2 is 2.27 bits per heavy atom. The normalized spacial score (nSPS) is 19.9. The van der Waals surface area contributed by atoms with Gasteiger partial charge in [0, 0.05) is 5.69 Å². The highest BCUT2D eigenvalue weighted by Gasteiger charge is 2.15. The van der Waals surface area contributed by atoms with E-state index in [4.69, 9.17) is 0 Å². The van der Waals surface area contributed by atoms with E-state index in [2.05, 4.69) is 37.4 Å². The minimum Gasteiger partial charge on any atom is -0.374 e. The lowest BCUT2D eigenvalue weighted by Gasteiger charge is -2.23. The first-order chi connectivity index (χ1) is 7.15. The molecule has 1 aliphatic rings. The standard InChI is InChI=1S/C13H19NO/c1-9(2)7-10-3-5-12-11(8-10)4-6-13(15)14-12/h3,5,8-9,13-15H,4,6-7H2,1-2H3. The van der Waals surface area contributed by atoms with Crippen molar-refractivity contribution in [2.45, 2.75) is 39.3 Å². The van der Waals surface area contributed by atoms with Crippen LogP contribution in [0.1, 0.15) is 31.4 Å². The Labute approximate surface area is 91.3 Å². The topological polar surface area (TPSA) is 32.3 Å². The summed E-state index contributed by atoms with van der Waals surface area (Å²) < 4.78 is 0. The van der Waals surface area contributed by atoms with Crippen LogP contribution in [-0.4, -0.2) is 11.3 Å². The van der Waals surface area contributed by atoms with E-state index >= 15 is 0 Å². The molecule has 1 aromatic carbocycles. The quantitative estimate of drug-likeness (QED) is 0.777. The van der Waals surface area contributed by atoms with E-state index in [9.17, 15) is 5.11 Å². The van der Waals surface area contributed by atoms with Gasteiger partial charge in [-0.1, -0.05) is 26.0 Å². The van der Waals surface area contributed by atoms with Crippen LogP contribution in [0.3, 0.4) is 0 Å². The molecule has 0 bridgehead atoms. The SMILES string of the molecule is CC(C)Cc1ccc2c(c1)CCC(O)N2. The van der Waals surface area contributed by atoms with Gasteiger partial charge in [-0.3, -0.25) is 0 Å². The molecule has 1 atom stereocenters. The highest BCUT2D eigenvalue weighted by Crippen LogP contribution is 2.25. The number of rotatable bonds is 2. The molecule has 1 aliphatic heterocycles. The summed E-state index contributed by atoms with van der Waals surface area (Å²) in [5.74, 6) is 0.699. The average molecular weight is 205 g/mol. The second-order valence-corrected chi connectivity index (χ2v) is 4.79. The van der Waals surface area contributed by atoms with Crippen LogP contribution < -0.4 is 5.32 Å². The maximum atomic E-state index is 9.46. The Morgan fingerprint density at radius 1 is 1.47 bits per heavy atom. The number of aliphatic hydroxyl groups is 1. The van der Waals surface area contributed by atoms with Crippen molar-refractivity contribution in [3.63, 3.8) is 0 Å². The lowest BCUT2D eigenvalue weighted by Crippen LogP contribution is -2.24. The molecule has 2 nitrogen and oxygen atoms in total. The van der Waals surface area contributed by atoms with Crippen LogP contribution in [0.15, 0.2) is 18.2 Å². The minimum absolute atomic E-state index is 0.367. The van der Waals surface area contributed by atoms with Crippen molar-refractivity contribution in [3.8, 4) is 0 Å². The zero-order valence-electron chi connectivity index (χ0n) is 9.46. The smallest absolute Gasteiger partial charge is 0.124 e. The van der Waals surface area contributed by atoms with Gasteiger partial charge in [0.25, 0.3) is 0 Å². The van der Waals surface area contributed by atoms with Crippen LogP contribution in [0.2, 0.25) is 0 Å². The second-order valence-electron chi connectivity index (χ2n) is 4.79. The monoisotopic (exact) mass is 205 g/mol. The van der Waals surface area contributed by atoms with Crippen LogP contribution in [-0.2, 0) is 12.8 Å². The van der Waals surface area contributed by atoms with Crippen LogP contribution in [0.5, 0.6) is 0 Å². The Hall–Kier alpha value is -1.02. The van der Waals surface area contributed by atoms with Crippen molar-refractivity contribution < 1.29 is 5.11 Å². The molecule has 0 saturated carbocycles.